The van der Waals surface area contributed by atoms with Crippen LogP contribution in [0.15, 0.2) is 48.8 Å². The lowest BCUT2D eigenvalue weighted by Crippen LogP contribution is -2.37. The van der Waals surface area contributed by atoms with Crippen molar-refractivity contribution in [1.82, 2.24) is 10.3 Å². The Balaban J connectivity index is 2.18. The van der Waals surface area contributed by atoms with E-state index < -0.39 is 29.4 Å². The van der Waals surface area contributed by atoms with Crippen LogP contribution in [0.25, 0.3) is 0 Å². The van der Waals surface area contributed by atoms with E-state index in [2.05, 4.69) is 22.4 Å². The number of pyridine rings is 1. The Morgan fingerprint density at radius 2 is 1.88 bits per heavy atom. The standard InChI is InChI=1S/C20H18N4O2/c1-13-5-7-14(8-6-13)18-20(11-21,12-22)16(15-4-3-9-23-10-15)17(24-18)19(25)26-2/h3-10,16-18,24H,1-2H3/t16-,17+,18-/m0/s1. The summed E-state index contributed by atoms with van der Waals surface area (Å²) in [6.45, 7) is 1.96. The van der Waals surface area contributed by atoms with Crippen molar-refractivity contribution in [3.63, 3.8) is 0 Å². The van der Waals surface area contributed by atoms with Gasteiger partial charge < -0.3 is 4.74 Å². The number of carbonyl (C=O) groups excluding carboxylic acids is 1. The van der Waals surface area contributed by atoms with Crippen molar-refractivity contribution in [1.29, 1.82) is 10.5 Å². The Labute approximate surface area is 152 Å². The Hall–Kier alpha value is -3.22. The van der Waals surface area contributed by atoms with Gasteiger partial charge in [-0.25, -0.2) is 0 Å². The van der Waals surface area contributed by atoms with Gasteiger partial charge in [0.05, 0.1) is 25.3 Å². The van der Waals surface area contributed by atoms with E-state index in [1.807, 2.05) is 31.2 Å². The van der Waals surface area contributed by atoms with E-state index in [0.717, 1.165) is 11.1 Å². The second-order valence-electron chi connectivity index (χ2n) is 6.37. The van der Waals surface area contributed by atoms with E-state index >= 15 is 0 Å². The predicted molar refractivity (Wildman–Crippen MR) is 93.5 cm³/mol. The topological polar surface area (TPSA) is 98.8 Å². The summed E-state index contributed by atoms with van der Waals surface area (Å²) in [5.74, 6) is -1.21. The van der Waals surface area contributed by atoms with Crippen molar-refractivity contribution in [2.24, 2.45) is 5.41 Å². The number of rotatable bonds is 3. The number of nitrogens with zero attached hydrogens (tertiary/aromatic N) is 3. The molecule has 0 aliphatic carbocycles. The first-order valence-corrected chi connectivity index (χ1v) is 8.20. The monoisotopic (exact) mass is 346 g/mol. The molecule has 26 heavy (non-hydrogen) atoms. The number of aryl methyl sites for hydroxylation is 1. The first-order valence-electron chi connectivity index (χ1n) is 8.20. The van der Waals surface area contributed by atoms with Crippen molar-refractivity contribution >= 4 is 5.97 Å². The first-order chi connectivity index (χ1) is 12.6. The summed E-state index contributed by atoms with van der Waals surface area (Å²) in [5, 5.41) is 23.2. The lowest BCUT2D eigenvalue weighted by molar-refractivity contribution is -0.143. The van der Waals surface area contributed by atoms with Crippen LogP contribution in [0.4, 0.5) is 0 Å². The highest BCUT2D eigenvalue weighted by atomic mass is 16.5. The molecule has 1 aliphatic heterocycles. The van der Waals surface area contributed by atoms with Gasteiger partial charge in [0.15, 0.2) is 5.41 Å². The molecule has 3 rings (SSSR count). The van der Waals surface area contributed by atoms with Crippen LogP contribution in [0.3, 0.4) is 0 Å². The fourth-order valence-corrected chi connectivity index (χ4v) is 3.61. The van der Waals surface area contributed by atoms with E-state index in [1.165, 1.54) is 7.11 Å². The molecule has 130 valence electrons. The van der Waals surface area contributed by atoms with Gasteiger partial charge >= 0.3 is 5.97 Å². The second-order valence-corrected chi connectivity index (χ2v) is 6.37. The molecule has 1 fully saturated rings. The summed E-state index contributed by atoms with van der Waals surface area (Å²) in [6, 6.07) is 14.0. The molecule has 0 spiro atoms. The number of benzene rings is 1. The van der Waals surface area contributed by atoms with Gasteiger partial charge in [0, 0.05) is 18.3 Å². The third kappa shape index (κ3) is 2.71. The quantitative estimate of drug-likeness (QED) is 0.857. The maximum atomic E-state index is 12.4. The van der Waals surface area contributed by atoms with Crippen LogP contribution in [0.5, 0.6) is 0 Å². The van der Waals surface area contributed by atoms with Gasteiger partial charge in [0.25, 0.3) is 0 Å². The van der Waals surface area contributed by atoms with Gasteiger partial charge in [-0.15, -0.1) is 0 Å². The Morgan fingerprint density at radius 3 is 2.42 bits per heavy atom. The van der Waals surface area contributed by atoms with Crippen LogP contribution in [0, 0.1) is 35.0 Å². The number of methoxy groups -OCH3 is 1. The fourth-order valence-electron chi connectivity index (χ4n) is 3.61. The van der Waals surface area contributed by atoms with E-state index in [1.54, 1.807) is 24.5 Å². The lowest BCUT2D eigenvalue weighted by atomic mass is 9.69. The molecule has 2 aromatic rings. The van der Waals surface area contributed by atoms with Crippen molar-refractivity contribution in [3.05, 3.63) is 65.5 Å². The maximum absolute atomic E-state index is 12.4. The molecule has 0 radical (unpaired) electrons. The van der Waals surface area contributed by atoms with E-state index in [0.29, 0.717) is 5.56 Å². The zero-order valence-electron chi connectivity index (χ0n) is 14.5. The van der Waals surface area contributed by atoms with Crippen LogP contribution in [0.2, 0.25) is 0 Å². The molecule has 1 aromatic heterocycles. The molecule has 3 atom stereocenters. The van der Waals surface area contributed by atoms with Crippen molar-refractivity contribution < 1.29 is 9.53 Å². The van der Waals surface area contributed by atoms with Gasteiger partial charge in [0.1, 0.15) is 6.04 Å². The summed E-state index contributed by atoms with van der Waals surface area (Å²) >= 11 is 0. The van der Waals surface area contributed by atoms with Gasteiger partial charge in [-0.2, -0.15) is 10.5 Å². The minimum Gasteiger partial charge on any atom is -0.468 e. The summed E-state index contributed by atoms with van der Waals surface area (Å²) in [7, 11) is 1.30. The van der Waals surface area contributed by atoms with Gasteiger partial charge in [0.2, 0.25) is 0 Å². The van der Waals surface area contributed by atoms with Gasteiger partial charge in [-0.1, -0.05) is 35.9 Å². The highest BCUT2D eigenvalue weighted by Crippen LogP contribution is 2.52. The highest BCUT2D eigenvalue weighted by Gasteiger charge is 2.60. The third-order valence-electron chi connectivity index (χ3n) is 4.90. The number of nitriles is 2. The molecular weight excluding hydrogens is 328 g/mol. The lowest BCUT2D eigenvalue weighted by Gasteiger charge is -2.27. The Morgan fingerprint density at radius 1 is 1.19 bits per heavy atom. The molecule has 0 unspecified atom stereocenters. The van der Waals surface area contributed by atoms with Gasteiger partial charge in [-0.05, 0) is 24.1 Å². The summed E-state index contributed by atoms with van der Waals surface area (Å²) < 4.78 is 4.93. The number of ether oxygens (including phenoxy) is 1. The zero-order chi connectivity index (χ0) is 18.7. The molecule has 1 N–H and O–H groups in total. The molecule has 1 saturated heterocycles. The SMILES string of the molecule is COC(=O)[C@@H]1N[C@@H](c2ccc(C)cc2)C(C#N)(C#N)[C@H]1c1cccnc1. The molecule has 1 aliphatic rings. The number of aromatic nitrogens is 1. The van der Waals surface area contributed by atoms with Crippen LogP contribution in [-0.2, 0) is 9.53 Å². The van der Waals surface area contributed by atoms with E-state index in [9.17, 15) is 15.3 Å². The molecule has 6 nitrogen and oxygen atoms in total. The molecule has 0 bridgehead atoms. The smallest absolute Gasteiger partial charge is 0.323 e. The summed E-state index contributed by atoms with van der Waals surface area (Å²) in [4.78, 5) is 16.5. The molecule has 0 saturated carbocycles. The van der Waals surface area contributed by atoms with Crippen LogP contribution in [0.1, 0.15) is 28.7 Å². The van der Waals surface area contributed by atoms with Crippen LogP contribution in [-0.4, -0.2) is 24.1 Å². The number of hydrogen-bond acceptors (Lipinski definition) is 6. The van der Waals surface area contributed by atoms with Crippen molar-refractivity contribution in [3.8, 4) is 12.1 Å². The zero-order valence-corrected chi connectivity index (χ0v) is 14.5. The van der Waals surface area contributed by atoms with Crippen LogP contribution < -0.4 is 5.32 Å². The molecule has 0 amide bonds. The normalized spacial score (nSPS) is 23.6. The number of carbonyl (C=O) groups is 1. The molecule has 6 heteroatoms. The highest BCUT2D eigenvalue weighted by molar-refractivity contribution is 5.79. The second kappa shape index (κ2) is 6.95. The average molecular weight is 346 g/mol. The summed E-state index contributed by atoms with van der Waals surface area (Å²) in [6.07, 6.45) is 3.19. The van der Waals surface area contributed by atoms with E-state index in [4.69, 9.17) is 4.74 Å². The minimum atomic E-state index is -1.48. The first kappa shape index (κ1) is 17.6. The maximum Gasteiger partial charge on any atom is 0.323 e. The largest absolute Gasteiger partial charge is 0.468 e. The summed E-state index contributed by atoms with van der Waals surface area (Å²) in [5.41, 5.74) is 1.02. The minimum absolute atomic E-state index is 0.511. The number of nitrogens with one attached hydrogen (secondary N) is 1. The molecule has 1 aromatic carbocycles. The Bertz CT molecular complexity index is 867. The molecular formula is C20H18N4O2. The van der Waals surface area contributed by atoms with Crippen LogP contribution >= 0.6 is 0 Å². The predicted octanol–water partition coefficient (Wildman–Crippen LogP) is 2.39. The number of hydrogen-bond donors (Lipinski definition) is 1. The van der Waals surface area contributed by atoms with Crippen molar-refractivity contribution in [2.75, 3.05) is 7.11 Å². The van der Waals surface area contributed by atoms with Crippen molar-refractivity contribution in [2.45, 2.75) is 24.9 Å². The average Bonchev–Trinajstić information content (AvgIpc) is 3.04. The number of esters is 1. The fraction of sp³-hybridized carbons (Fsp3) is 0.300. The van der Waals surface area contributed by atoms with Gasteiger partial charge in [-0.3, -0.25) is 15.1 Å². The van der Waals surface area contributed by atoms with E-state index in [-0.39, 0.29) is 0 Å². The molecule has 2 heterocycles. The third-order valence-corrected chi connectivity index (χ3v) is 4.90. The Kier molecular flexibility index (Phi) is 4.71.